The van der Waals surface area contributed by atoms with Crippen molar-refractivity contribution in [3.63, 3.8) is 0 Å². The number of pyridine rings is 1. The van der Waals surface area contributed by atoms with Crippen LogP contribution in [0.15, 0.2) is 35.4 Å². The number of aromatic hydroxyl groups is 1. The maximum Gasteiger partial charge on any atom is 0.258 e. The molecule has 9 heteroatoms. The van der Waals surface area contributed by atoms with Crippen molar-refractivity contribution >= 4 is 16.6 Å². The summed E-state index contributed by atoms with van der Waals surface area (Å²) in [6.07, 6.45) is 4.72. The van der Waals surface area contributed by atoms with Crippen molar-refractivity contribution in [2.45, 2.75) is 50.0 Å². The SMILES string of the molecule is CN(c1cnc(-c2cc3ccn(C)c(=O)c3cc2O)nn1)[C@H]1C[C@]2(C)CCC(N2)[C@H]1F. The molecular formula is C22H25FN6O2. The number of benzene rings is 1. The van der Waals surface area contributed by atoms with Crippen LogP contribution >= 0.6 is 0 Å². The molecule has 2 bridgehead atoms. The van der Waals surface area contributed by atoms with Gasteiger partial charge in [0, 0.05) is 31.9 Å². The summed E-state index contributed by atoms with van der Waals surface area (Å²) in [4.78, 5) is 18.5. The molecule has 5 rings (SSSR count). The van der Waals surface area contributed by atoms with E-state index in [1.807, 2.05) is 11.9 Å². The van der Waals surface area contributed by atoms with Crippen LogP contribution in [-0.4, -0.2) is 55.7 Å². The lowest BCUT2D eigenvalue weighted by Crippen LogP contribution is -2.60. The van der Waals surface area contributed by atoms with Crippen LogP contribution in [-0.2, 0) is 7.05 Å². The van der Waals surface area contributed by atoms with Crippen LogP contribution in [0.5, 0.6) is 5.75 Å². The third-order valence-electron chi connectivity index (χ3n) is 6.80. The molecule has 2 N–H and O–H groups in total. The van der Waals surface area contributed by atoms with E-state index in [2.05, 4.69) is 27.4 Å². The summed E-state index contributed by atoms with van der Waals surface area (Å²) < 4.78 is 16.5. The van der Waals surface area contributed by atoms with Crippen LogP contribution in [0, 0.1) is 0 Å². The Morgan fingerprint density at radius 3 is 2.90 bits per heavy atom. The Kier molecular flexibility index (Phi) is 4.47. The van der Waals surface area contributed by atoms with Gasteiger partial charge < -0.3 is 19.9 Å². The van der Waals surface area contributed by atoms with E-state index in [0.29, 0.717) is 28.6 Å². The van der Waals surface area contributed by atoms with E-state index in [9.17, 15) is 9.90 Å². The molecule has 3 aromatic rings. The van der Waals surface area contributed by atoms with Gasteiger partial charge in [-0.3, -0.25) is 4.79 Å². The van der Waals surface area contributed by atoms with Gasteiger partial charge in [0.15, 0.2) is 11.6 Å². The van der Waals surface area contributed by atoms with E-state index in [1.54, 1.807) is 31.6 Å². The Balaban J connectivity index is 1.44. The lowest BCUT2D eigenvalue weighted by molar-refractivity contribution is 0.144. The molecule has 2 aliphatic heterocycles. The van der Waals surface area contributed by atoms with Gasteiger partial charge in [-0.05, 0) is 49.8 Å². The third kappa shape index (κ3) is 3.23. The van der Waals surface area contributed by atoms with Gasteiger partial charge >= 0.3 is 0 Å². The fourth-order valence-electron chi connectivity index (χ4n) is 4.94. The second-order valence-corrected chi connectivity index (χ2v) is 9.01. The molecule has 31 heavy (non-hydrogen) atoms. The van der Waals surface area contributed by atoms with Gasteiger partial charge in [0.1, 0.15) is 11.9 Å². The first-order valence-corrected chi connectivity index (χ1v) is 10.4. The summed E-state index contributed by atoms with van der Waals surface area (Å²) in [5, 5.41) is 23.4. The second kappa shape index (κ2) is 6.98. The smallest absolute Gasteiger partial charge is 0.258 e. The number of aryl methyl sites for hydroxylation is 1. The molecule has 4 atom stereocenters. The molecule has 0 saturated carbocycles. The number of alkyl halides is 1. The van der Waals surface area contributed by atoms with E-state index in [-0.39, 0.29) is 34.8 Å². The quantitative estimate of drug-likeness (QED) is 0.665. The van der Waals surface area contributed by atoms with Crippen molar-refractivity contribution in [2.24, 2.45) is 7.05 Å². The van der Waals surface area contributed by atoms with Crippen LogP contribution < -0.4 is 15.8 Å². The number of nitrogens with zero attached hydrogens (tertiary/aromatic N) is 5. The van der Waals surface area contributed by atoms with Gasteiger partial charge in [-0.1, -0.05) is 0 Å². The van der Waals surface area contributed by atoms with E-state index in [0.717, 1.165) is 12.8 Å². The van der Waals surface area contributed by atoms with Gasteiger partial charge in [0.05, 0.1) is 23.2 Å². The fourth-order valence-corrected chi connectivity index (χ4v) is 4.94. The number of nitrogens with one attached hydrogen (secondary N) is 1. The van der Waals surface area contributed by atoms with Crippen molar-refractivity contribution in [2.75, 3.05) is 11.9 Å². The first-order valence-electron chi connectivity index (χ1n) is 10.4. The standard InChI is InChI=1S/C22H25FN6O2/c1-22-6-4-15(25-22)19(23)16(10-22)29(3)18-11-24-20(27-26-18)14-8-12-5-7-28(2)21(31)13(12)9-17(14)30/h5,7-9,11,15-16,19,25,30H,4,6,10H2,1-3H3/t15?,16-,19+,22-/m0/s1. The molecule has 0 amide bonds. The minimum absolute atomic E-state index is 0.0546. The lowest BCUT2D eigenvalue weighted by atomic mass is 9.87. The Morgan fingerprint density at radius 1 is 1.35 bits per heavy atom. The topological polar surface area (TPSA) is 96.2 Å². The van der Waals surface area contributed by atoms with Gasteiger partial charge in [0.2, 0.25) is 0 Å². The van der Waals surface area contributed by atoms with Gasteiger partial charge in [-0.15, -0.1) is 10.2 Å². The van der Waals surface area contributed by atoms with Crippen LogP contribution in [0.2, 0.25) is 0 Å². The number of hydrogen-bond donors (Lipinski definition) is 2. The second-order valence-electron chi connectivity index (χ2n) is 9.01. The van der Waals surface area contributed by atoms with Gasteiger partial charge in [0.25, 0.3) is 5.56 Å². The maximum atomic E-state index is 15.0. The molecule has 0 aliphatic carbocycles. The summed E-state index contributed by atoms with van der Waals surface area (Å²) in [5.41, 5.74) is 0.139. The number of halogens is 1. The summed E-state index contributed by atoms with van der Waals surface area (Å²) in [6.45, 7) is 2.14. The first-order chi connectivity index (χ1) is 14.8. The zero-order valence-electron chi connectivity index (χ0n) is 17.7. The summed E-state index contributed by atoms with van der Waals surface area (Å²) in [5.74, 6) is 0.632. The largest absolute Gasteiger partial charge is 0.507 e. The number of aromatic nitrogens is 4. The number of piperidine rings is 1. The van der Waals surface area contributed by atoms with Gasteiger partial charge in [-0.2, -0.15) is 0 Å². The molecule has 8 nitrogen and oxygen atoms in total. The zero-order chi connectivity index (χ0) is 21.9. The molecule has 2 aliphatic rings. The van der Waals surface area contributed by atoms with Crippen molar-refractivity contribution in [3.05, 3.63) is 40.9 Å². The highest BCUT2D eigenvalue weighted by Gasteiger charge is 2.49. The number of rotatable bonds is 3. The van der Waals surface area contributed by atoms with Crippen molar-refractivity contribution in [3.8, 4) is 17.1 Å². The van der Waals surface area contributed by atoms with Crippen LogP contribution in [0.25, 0.3) is 22.2 Å². The predicted octanol–water partition coefficient (Wildman–Crippen LogP) is 2.15. The number of anilines is 1. The molecule has 2 fully saturated rings. The molecule has 1 unspecified atom stereocenters. The van der Waals surface area contributed by atoms with E-state index in [1.165, 1.54) is 10.6 Å². The summed E-state index contributed by atoms with van der Waals surface area (Å²) in [7, 11) is 3.48. The molecule has 2 saturated heterocycles. The Bertz CT molecular complexity index is 1210. The number of phenols is 1. The minimum atomic E-state index is -0.991. The van der Waals surface area contributed by atoms with Crippen molar-refractivity contribution in [1.29, 1.82) is 0 Å². The normalized spacial score (nSPS) is 27.5. The molecular weight excluding hydrogens is 399 g/mol. The monoisotopic (exact) mass is 424 g/mol. The van der Waals surface area contributed by atoms with E-state index < -0.39 is 6.17 Å². The minimum Gasteiger partial charge on any atom is -0.507 e. The fraction of sp³-hybridized carbons (Fsp3) is 0.455. The number of fused-ring (bicyclic) bond motifs is 3. The molecule has 0 spiro atoms. The zero-order valence-corrected chi connectivity index (χ0v) is 17.7. The van der Waals surface area contributed by atoms with Crippen LogP contribution in [0.1, 0.15) is 26.2 Å². The van der Waals surface area contributed by atoms with E-state index >= 15 is 4.39 Å². The van der Waals surface area contributed by atoms with Crippen molar-refractivity contribution < 1.29 is 9.50 Å². The average Bonchev–Trinajstić information content (AvgIpc) is 3.10. The highest BCUT2D eigenvalue weighted by molar-refractivity contribution is 5.88. The molecule has 2 aromatic heterocycles. The highest BCUT2D eigenvalue weighted by Crippen LogP contribution is 2.39. The van der Waals surface area contributed by atoms with Crippen LogP contribution in [0.3, 0.4) is 0 Å². The molecule has 4 heterocycles. The Morgan fingerprint density at radius 2 is 2.16 bits per heavy atom. The highest BCUT2D eigenvalue weighted by atomic mass is 19.1. The van der Waals surface area contributed by atoms with Crippen molar-refractivity contribution in [1.82, 2.24) is 25.1 Å². The Hall–Kier alpha value is -3.07. The average molecular weight is 424 g/mol. The predicted molar refractivity (Wildman–Crippen MR) is 116 cm³/mol. The van der Waals surface area contributed by atoms with E-state index in [4.69, 9.17) is 0 Å². The first kappa shape index (κ1) is 19.9. The third-order valence-corrected chi connectivity index (χ3v) is 6.80. The molecule has 1 aromatic carbocycles. The maximum absolute atomic E-state index is 15.0. The molecule has 0 radical (unpaired) electrons. The number of hydrogen-bond acceptors (Lipinski definition) is 7. The lowest BCUT2D eigenvalue weighted by Gasteiger charge is -2.43. The van der Waals surface area contributed by atoms with Gasteiger partial charge in [-0.25, -0.2) is 9.37 Å². The summed E-state index contributed by atoms with van der Waals surface area (Å²) in [6, 6.07) is 4.47. The van der Waals surface area contributed by atoms with Crippen LogP contribution in [0.4, 0.5) is 10.2 Å². The number of phenolic OH excluding ortho intramolecular Hbond substituents is 1. The summed E-state index contributed by atoms with van der Waals surface area (Å²) >= 11 is 0. The molecule has 162 valence electrons. The Labute approximate surface area is 178 Å².